The molecule has 2 rings (SSSR count). The molecule has 2 atom stereocenters. The number of nitrogens with one attached hydrogen (secondary N) is 1. The van der Waals surface area contributed by atoms with E-state index in [1.165, 1.54) is 12.1 Å². The van der Waals surface area contributed by atoms with Crippen molar-refractivity contribution < 1.29 is 18.3 Å². The molecule has 0 spiro atoms. The first kappa shape index (κ1) is 18.2. The minimum atomic E-state index is -3.72. The highest BCUT2D eigenvalue weighted by molar-refractivity contribution is 7.91. The van der Waals surface area contributed by atoms with Gasteiger partial charge in [0, 0.05) is 0 Å². The monoisotopic (exact) mass is 375 g/mol. The number of methoxy groups -OCH3 is 1. The number of hydrogen-bond donors (Lipinski definition) is 2. The molecule has 1 aromatic heterocycles. The summed E-state index contributed by atoms with van der Waals surface area (Å²) >= 11 is 6.77. The smallest absolute Gasteiger partial charge is 0.250 e. The maximum absolute atomic E-state index is 12.4. The second-order valence-electron chi connectivity index (χ2n) is 5.03. The summed E-state index contributed by atoms with van der Waals surface area (Å²) in [4.78, 5) is 0. The minimum Gasteiger partial charge on any atom is -0.497 e. The lowest BCUT2D eigenvalue weighted by molar-refractivity contribution is 0.242. The number of benzene rings is 1. The first-order chi connectivity index (χ1) is 10.9. The molecule has 126 valence electrons. The molecule has 0 radical (unpaired) electrons. The summed E-state index contributed by atoms with van der Waals surface area (Å²) in [5, 5.41) is 9.60. The van der Waals surface area contributed by atoms with Gasteiger partial charge in [-0.25, -0.2) is 13.1 Å². The number of aliphatic hydroxyl groups excluding tert-OH is 1. The van der Waals surface area contributed by atoms with Gasteiger partial charge >= 0.3 is 0 Å². The summed E-state index contributed by atoms with van der Waals surface area (Å²) in [6.07, 6.45) is 0. The number of hydrogen-bond acceptors (Lipinski definition) is 5. The highest BCUT2D eigenvalue weighted by Crippen LogP contribution is 2.27. The molecule has 1 heterocycles. The second-order valence-corrected chi connectivity index (χ2v) is 8.69. The summed E-state index contributed by atoms with van der Waals surface area (Å²) in [6, 6.07) is 9.63. The highest BCUT2D eigenvalue weighted by atomic mass is 35.5. The molecule has 0 aliphatic heterocycles. The Balaban J connectivity index is 2.18. The SMILES string of the molecule is COc1ccc(C(C)C(CO)NS(=O)(=O)c2ccc(Cl)s2)cc1. The van der Waals surface area contributed by atoms with Crippen LogP contribution in [0.4, 0.5) is 0 Å². The van der Waals surface area contributed by atoms with Gasteiger partial charge in [-0.3, -0.25) is 0 Å². The Morgan fingerprint density at radius 1 is 1.26 bits per heavy atom. The molecule has 0 saturated heterocycles. The summed E-state index contributed by atoms with van der Waals surface area (Å²) in [7, 11) is -2.14. The zero-order valence-electron chi connectivity index (χ0n) is 12.7. The van der Waals surface area contributed by atoms with Crippen LogP contribution in [0.2, 0.25) is 4.34 Å². The molecule has 0 saturated carbocycles. The van der Waals surface area contributed by atoms with Gasteiger partial charge in [-0.2, -0.15) is 0 Å². The van der Waals surface area contributed by atoms with Crippen LogP contribution in [0, 0.1) is 0 Å². The fourth-order valence-corrected chi connectivity index (χ4v) is 4.94. The second kappa shape index (κ2) is 7.63. The maximum atomic E-state index is 12.4. The van der Waals surface area contributed by atoms with E-state index in [-0.39, 0.29) is 16.7 Å². The minimum absolute atomic E-state index is 0.128. The van der Waals surface area contributed by atoms with E-state index in [2.05, 4.69) is 4.72 Å². The van der Waals surface area contributed by atoms with E-state index in [1.807, 2.05) is 19.1 Å². The van der Waals surface area contributed by atoms with E-state index in [4.69, 9.17) is 16.3 Å². The first-order valence-electron chi connectivity index (χ1n) is 6.90. The zero-order chi connectivity index (χ0) is 17.0. The van der Waals surface area contributed by atoms with Crippen LogP contribution in [0.5, 0.6) is 5.75 Å². The Hall–Kier alpha value is -1.12. The number of halogens is 1. The molecule has 0 fully saturated rings. The molecule has 0 amide bonds. The van der Waals surface area contributed by atoms with Crippen LogP contribution in [0.1, 0.15) is 18.4 Å². The molecular formula is C15H18ClNO4S2. The van der Waals surface area contributed by atoms with Crippen molar-refractivity contribution in [1.29, 1.82) is 0 Å². The Kier molecular flexibility index (Phi) is 6.05. The summed E-state index contributed by atoms with van der Waals surface area (Å²) in [6.45, 7) is 1.54. The molecule has 2 unspecified atom stereocenters. The predicted octanol–water partition coefficient (Wildman–Crippen LogP) is 2.85. The number of ether oxygens (including phenoxy) is 1. The van der Waals surface area contributed by atoms with E-state index in [0.29, 0.717) is 4.34 Å². The molecule has 8 heteroatoms. The lowest BCUT2D eigenvalue weighted by Crippen LogP contribution is -2.40. The van der Waals surface area contributed by atoms with Crippen LogP contribution in [-0.4, -0.2) is 33.3 Å². The quantitative estimate of drug-likeness (QED) is 0.780. The highest BCUT2D eigenvalue weighted by Gasteiger charge is 2.26. The molecule has 0 bridgehead atoms. The van der Waals surface area contributed by atoms with Crippen molar-refractivity contribution in [1.82, 2.24) is 4.72 Å². The largest absolute Gasteiger partial charge is 0.497 e. The van der Waals surface area contributed by atoms with Gasteiger partial charge in [-0.1, -0.05) is 30.7 Å². The molecule has 0 aliphatic carbocycles. The molecule has 2 N–H and O–H groups in total. The fourth-order valence-electron chi connectivity index (χ4n) is 2.14. The number of sulfonamides is 1. The molecule has 1 aromatic carbocycles. The zero-order valence-corrected chi connectivity index (χ0v) is 15.1. The summed E-state index contributed by atoms with van der Waals surface area (Å²) in [5.41, 5.74) is 0.900. The van der Waals surface area contributed by atoms with Crippen molar-refractivity contribution in [2.24, 2.45) is 0 Å². The van der Waals surface area contributed by atoms with Gasteiger partial charge in [-0.15, -0.1) is 11.3 Å². The van der Waals surface area contributed by atoms with Gasteiger partial charge in [0.15, 0.2) is 0 Å². The first-order valence-corrected chi connectivity index (χ1v) is 9.57. The van der Waals surface area contributed by atoms with Gasteiger partial charge in [0.25, 0.3) is 0 Å². The van der Waals surface area contributed by atoms with Crippen molar-refractivity contribution in [2.75, 3.05) is 13.7 Å². The topological polar surface area (TPSA) is 75.6 Å². The van der Waals surface area contributed by atoms with Crippen LogP contribution in [0.25, 0.3) is 0 Å². The van der Waals surface area contributed by atoms with Gasteiger partial charge < -0.3 is 9.84 Å². The van der Waals surface area contributed by atoms with E-state index >= 15 is 0 Å². The van der Waals surface area contributed by atoms with Gasteiger partial charge in [-0.05, 0) is 35.7 Å². The van der Waals surface area contributed by atoms with Crippen LogP contribution in [0.15, 0.2) is 40.6 Å². The van der Waals surface area contributed by atoms with Crippen molar-refractivity contribution in [3.05, 3.63) is 46.3 Å². The van der Waals surface area contributed by atoms with E-state index < -0.39 is 16.1 Å². The molecule has 5 nitrogen and oxygen atoms in total. The van der Waals surface area contributed by atoms with Crippen LogP contribution in [0.3, 0.4) is 0 Å². The van der Waals surface area contributed by atoms with Gasteiger partial charge in [0.1, 0.15) is 9.96 Å². The average molecular weight is 376 g/mol. The maximum Gasteiger partial charge on any atom is 0.250 e. The molecular weight excluding hydrogens is 358 g/mol. The number of thiophene rings is 1. The third kappa shape index (κ3) is 4.45. The Morgan fingerprint density at radius 2 is 1.91 bits per heavy atom. The molecule has 2 aromatic rings. The summed E-state index contributed by atoms with van der Waals surface area (Å²) < 4.78 is 32.9. The lowest BCUT2D eigenvalue weighted by Gasteiger charge is -2.23. The van der Waals surface area contributed by atoms with Crippen molar-refractivity contribution in [2.45, 2.75) is 23.1 Å². The Bertz CT molecular complexity index is 743. The normalized spacial score (nSPS) is 14.4. The van der Waals surface area contributed by atoms with Gasteiger partial charge in [0.05, 0.1) is 24.1 Å². The molecule has 23 heavy (non-hydrogen) atoms. The van der Waals surface area contributed by atoms with E-state index in [1.54, 1.807) is 19.2 Å². The van der Waals surface area contributed by atoms with Crippen LogP contribution in [-0.2, 0) is 10.0 Å². The Labute approximate surface area is 144 Å². The molecule has 0 aliphatic rings. The summed E-state index contributed by atoms with van der Waals surface area (Å²) in [5.74, 6) is 0.506. The average Bonchev–Trinajstić information content (AvgIpc) is 2.99. The number of rotatable bonds is 7. The van der Waals surface area contributed by atoms with Crippen molar-refractivity contribution in [3.8, 4) is 5.75 Å². The van der Waals surface area contributed by atoms with Crippen LogP contribution >= 0.6 is 22.9 Å². The third-order valence-corrected chi connectivity index (χ3v) is 6.77. The number of aliphatic hydroxyl groups is 1. The third-order valence-electron chi connectivity index (χ3n) is 3.56. The van der Waals surface area contributed by atoms with E-state index in [9.17, 15) is 13.5 Å². The fraction of sp³-hybridized carbons (Fsp3) is 0.333. The van der Waals surface area contributed by atoms with Crippen LogP contribution < -0.4 is 9.46 Å². The standard InChI is InChI=1S/C15H18ClNO4S2/c1-10(11-3-5-12(21-2)6-4-11)13(9-18)17-23(19,20)15-8-7-14(16)22-15/h3-8,10,13,17-18H,9H2,1-2H3. The Morgan fingerprint density at radius 3 is 2.39 bits per heavy atom. The lowest BCUT2D eigenvalue weighted by atomic mass is 9.94. The van der Waals surface area contributed by atoms with Crippen molar-refractivity contribution in [3.63, 3.8) is 0 Å². The van der Waals surface area contributed by atoms with Crippen molar-refractivity contribution >= 4 is 33.0 Å². The predicted molar refractivity (Wildman–Crippen MR) is 91.9 cm³/mol. The van der Waals surface area contributed by atoms with E-state index in [0.717, 1.165) is 22.6 Å². The van der Waals surface area contributed by atoms with Gasteiger partial charge in [0.2, 0.25) is 10.0 Å².